The summed E-state index contributed by atoms with van der Waals surface area (Å²) in [5, 5.41) is 2.93. The number of hydrogen-bond donors (Lipinski definition) is 1. The average molecular weight is 491 g/mol. The third-order valence-electron chi connectivity index (χ3n) is 5.71. The van der Waals surface area contributed by atoms with Crippen molar-refractivity contribution in [1.29, 1.82) is 0 Å². The van der Waals surface area contributed by atoms with Crippen LogP contribution in [0, 0.1) is 6.92 Å². The predicted molar refractivity (Wildman–Crippen MR) is 143 cm³/mol. The van der Waals surface area contributed by atoms with Crippen LogP contribution in [0.4, 0.5) is 0 Å². The molecule has 6 heteroatoms. The third-order valence-corrected chi connectivity index (χ3v) is 6.73. The minimum atomic E-state index is -0.611. The molecule has 0 fully saturated rings. The van der Waals surface area contributed by atoms with Crippen LogP contribution in [0.2, 0.25) is 0 Å². The van der Waals surface area contributed by atoms with E-state index in [1.165, 1.54) is 5.56 Å². The SMILES string of the molecule is CCNC(=O)C(Cc1ccccc1)N(Cc1cccc(OC)c1)C(=O)CCSc1ccc(C)cc1. The normalized spacial score (nSPS) is 11.5. The second kappa shape index (κ2) is 13.6. The monoisotopic (exact) mass is 490 g/mol. The lowest BCUT2D eigenvalue weighted by Crippen LogP contribution is -2.50. The van der Waals surface area contributed by atoms with E-state index in [1.54, 1.807) is 23.8 Å². The second-order valence-corrected chi connectivity index (χ2v) is 9.55. The average Bonchev–Trinajstić information content (AvgIpc) is 2.88. The molecule has 1 N–H and O–H groups in total. The van der Waals surface area contributed by atoms with Crippen molar-refractivity contribution < 1.29 is 14.3 Å². The Hall–Kier alpha value is -3.25. The summed E-state index contributed by atoms with van der Waals surface area (Å²) in [6.45, 7) is 4.79. The zero-order valence-electron chi connectivity index (χ0n) is 20.7. The number of benzene rings is 3. The molecule has 1 unspecified atom stereocenters. The van der Waals surface area contributed by atoms with Crippen LogP contribution >= 0.6 is 11.8 Å². The van der Waals surface area contributed by atoms with Crippen molar-refractivity contribution in [2.75, 3.05) is 19.4 Å². The number of aryl methyl sites for hydroxylation is 1. The molecule has 0 aliphatic rings. The van der Waals surface area contributed by atoms with E-state index in [4.69, 9.17) is 4.74 Å². The number of carbonyl (C=O) groups is 2. The fourth-order valence-electron chi connectivity index (χ4n) is 3.85. The van der Waals surface area contributed by atoms with Crippen LogP contribution in [0.3, 0.4) is 0 Å². The highest BCUT2D eigenvalue weighted by Gasteiger charge is 2.30. The molecule has 0 bridgehead atoms. The summed E-state index contributed by atoms with van der Waals surface area (Å²) in [7, 11) is 1.62. The summed E-state index contributed by atoms with van der Waals surface area (Å²) < 4.78 is 5.38. The summed E-state index contributed by atoms with van der Waals surface area (Å²) in [5.41, 5.74) is 3.15. The quantitative estimate of drug-likeness (QED) is 0.352. The van der Waals surface area contributed by atoms with Crippen molar-refractivity contribution >= 4 is 23.6 Å². The molecule has 3 aromatic rings. The van der Waals surface area contributed by atoms with Gasteiger partial charge in [-0.1, -0.05) is 60.2 Å². The van der Waals surface area contributed by atoms with E-state index >= 15 is 0 Å². The maximum atomic E-state index is 13.6. The van der Waals surface area contributed by atoms with Gasteiger partial charge in [-0.3, -0.25) is 9.59 Å². The second-order valence-electron chi connectivity index (χ2n) is 8.38. The summed E-state index contributed by atoms with van der Waals surface area (Å²) in [6, 6.07) is 25.2. The van der Waals surface area contributed by atoms with Crippen molar-refractivity contribution in [1.82, 2.24) is 10.2 Å². The minimum Gasteiger partial charge on any atom is -0.497 e. The fraction of sp³-hybridized carbons (Fsp3) is 0.310. The van der Waals surface area contributed by atoms with Crippen molar-refractivity contribution in [3.63, 3.8) is 0 Å². The molecule has 5 nitrogen and oxygen atoms in total. The number of nitrogens with zero attached hydrogens (tertiary/aromatic N) is 1. The smallest absolute Gasteiger partial charge is 0.243 e. The predicted octanol–water partition coefficient (Wildman–Crippen LogP) is 5.26. The zero-order chi connectivity index (χ0) is 25.0. The summed E-state index contributed by atoms with van der Waals surface area (Å²) >= 11 is 1.65. The van der Waals surface area contributed by atoms with Gasteiger partial charge in [-0.05, 0) is 49.2 Å². The number of hydrogen-bond acceptors (Lipinski definition) is 4. The highest BCUT2D eigenvalue weighted by molar-refractivity contribution is 7.99. The molecule has 3 aromatic carbocycles. The molecule has 0 saturated carbocycles. The number of nitrogens with one attached hydrogen (secondary N) is 1. The number of methoxy groups -OCH3 is 1. The molecule has 0 heterocycles. The molecule has 184 valence electrons. The molecule has 3 rings (SSSR count). The molecular formula is C29H34N2O3S. The first-order valence-electron chi connectivity index (χ1n) is 11.9. The lowest BCUT2D eigenvalue weighted by Gasteiger charge is -2.31. The summed E-state index contributed by atoms with van der Waals surface area (Å²) in [4.78, 5) is 29.6. The Kier molecular flexibility index (Phi) is 10.2. The number of likely N-dealkylation sites (N-methyl/N-ethyl adjacent to an activating group) is 1. The lowest BCUT2D eigenvalue weighted by molar-refractivity contribution is -0.140. The van der Waals surface area contributed by atoms with E-state index in [-0.39, 0.29) is 11.8 Å². The molecule has 0 spiro atoms. The fourth-order valence-corrected chi connectivity index (χ4v) is 4.69. The number of rotatable bonds is 12. The van der Waals surface area contributed by atoms with Crippen LogP contribution in [0.25, 0.3) is 0 Å². The molecule has 0 aliphatic carbocycles. The van der Waals surface area contributed by atoms with Gasteiger partial charge in [0.2, 0.25) is 11.8 Å². The van der Waals surface area contributed by atoms with Crippen molar-refractivity contribution in [2.24, 2.45) is 0 Å². The van der Waals surface area contributed by atoms with Crippen molar-refractivity contribution in [3.05, 3.63) is 95.6 Å². The molecule has 0 aliphatic heterocycles. The minimum absolute atomic E-state index is 0.0420. The Labute approximate surface area is 212 Å². The summed E-state index contributed by atoms with van der Waals surface area (Å²) in [6.07, 6.45) is 0.792. The van der Waals surface area contributed by atoms with Crippen LogP contribution < -0.4 is 10.1 Å². The first-order chi connectivity index (χ1) is 17.0. The molecular weight excluding hydrogens is 456 g/mol. The Morgan fingerprint density at radius 3 is 2.37 bits per heavy atom. The number of ether oxygens (including phenoxy) is 1. The number of thioether (sulfide) groups is 1. The van der Waals surface area contributed by atoms with Crippen LogP contribution in [0.15, 0.2) is 83.8 Å². The van der Waals surface area contributed by atoms with Gasteiger partial charge in [-0.2, -0.15) is 0 Å². The van der Waals surface area contributed by atoms with E-state index in [1.807, 2.05) is 61.5 Å². The maximum absolute atomic E-state index is 13.6. The van der Waals surface area contributed by atoms with Crippen molar-refractivity contribution in [2.45, 2.75) is 44.2 Å². The van der Waals surface area contributed by atoms with Gasteiger partial charge < -0.3 is 15.0 Å². The van der Waals surface area contributed by atoms with E-state index in [0.717, 1.165) is 21.8 Å². The Morgan fingerprint density at radius 1 is 0.971 bits per heavy atom. The standard InChI is InChI=1S/C29H34N2O3S/c1-4-30-29(33)27(20-23-9-6-5-7-10-23)31(21-24-11-8-12-25(19-24)34-3)28(32)17-18-35-26-15-13-22(2)14-16-26/h5-16,19,27H,4,17-18,20-21H2,1-3H3,(H,30,33). The third kappa shape index (κ3) is 8.18. The van der Waals surface area contributed by atoms with Gasteiger partial charge in [0.15, 0.2) is 0 Å². The Morgan fingerprint density at radius 2 is 1.69 bits per heavy atom. The Balaban J connectivity index is 1.83. The highest BCUT2D eigenvalue weighted by Crippen LogP contribution is 2.22. The zero-order valence-corrected chi connectivity index (χ0v) is 21.5. The van der Waals surface area contributed by atoms with Gasteiger partial charge in [0, 0.05) is 36.6 Å². The number of amides is 2. The largest absolute Gasteiger partial charge is 0.497 e. The number of carbonyl (C=O) groups excluding carboxylic acids is 2. The lowest BCUT2D eigenvalue weighted by atomic mass is 10.0. The Bertz CT molecular complexity index is 1090. The van der Waals surface area contributed by atoms with Crippen LogP contribution in [0.1, 0.15) is 30.0 Å². The van der Waals surface area contributed by atoms with Gasteiger partial charge in [0.05, 0.1) is 7.11 Å². The van der Waals surface area contributed by atoms with Crippen molar-refractivity contribution in [3.8, 4) is 5.75 Å². The van der Waals surface area contributed by atoms with E-state index in [2.05, 4.69) is 36.5 Å². The first-order valence-corrected chi connectivity index (χ1v) is 12.9. The molecule has 1 atom stereocenters. The van der Waals surface area contributed by atoms with E-state index in [9.17, 15) is 9.59 Å². The van der Waals surface area contributed by atoms with Crippen LogP contribution in [0.5, 0.6) is 5.75 Å². The topological polar surface area (TPSA) is 58.6 Å². The first kappa shape index (κ1) is 26.4. The van der Waals surface area contributed by atoms with Gasteiger partial charge >= 0.3 is 0 Å². The molecule has 0 aromatic heterocycles. The molecule has 0 saturated heterocycles. The van der Waals surface area contributed by atoms with E-state index in [0.29, 0.717) is 31.7 Å². The van der Waals surface area contributed by atoms with Gasteiger partial charge in [-0.25, -0.2) is 0 Å². The van der Waals surface area contributed by atoms with Crippen LogP contribution in [-0.2, 0) is 22.6 Å². The van der Waals surface area contributed by atoms with Crippen LogP contribution in [-0.4, -0.2) is 42.2 Å². The maximum Gasteiger partial charge on any atom is 0.243 e. The molecule has 0 radical (unpaired) electrons. The molecule has 35 heavy (non-hydrogen) atoms. The highest BCUT2D eigenvalue weighted by atomic mass is 32.2. The summed E-state index contributed by atoms with van der Waals surface area (Å²) in [5.74, 6) is 1.19. The van der Waals surface area contributed by atoms with Gasteiger partial charge in [0.25, 0.3) is 0 Å². The van der Waals surface area contributed by atoms with E-state index < -0.39 is 6.04 Å². The van der Waals surface area contributed by atoms with Gasteiger partial charge in [0.1, 0.15) is 11.8 Å². The molecule has 2 amide bonds. The van der Waals surface area contributed by atoms with Gasteiger partial charge in [-0.15, -0.1) is 11.8 Å².